The molecular weight excluding hydrogens is 222 g/mol. The van der Waals surface area contributed by atoms with Crippen LogP contribution in [0.25, 0.3) is 16.4 Å². The summed E-state index contributed by atoms with van der Waals surface area (Å²) in [6.45, 7) is 1.90. The van der Waals surface area contributed by atoms with Gasteiger partial charge in [0.05, 0.1) is 5.69 Å². The normalized spacial score (nSPS) is 11.4. The first-order valence-electron chi connectivity index (χ1n) is 5.00. The van der Waals surface area contributed by atoms with E-state index in [4.69, 9.17) is 17.3 Å². The molecule has 0 saturated heterocycles. The summed E-state index contributed by atoms with van der Waals surface area (Å²) < 4.78 is 1.88. The molecule has 1 aromatic carbocycles. The van der Waals surface area contributed by atoms with Crippen molar-refractivity contribution in [1.82, 2.24) is 9.38 Å². The highest BCUT2D eigenvalue weighted by molar-refractivity contribution is 6.35. The molecule has 2 heterocycles. The first kappa shape index (κ1) is 9.48. The Hall–Kier alpha value is -1.74. The van der Waals surface area contributed by atoms with Gasteiger partial charge in [-0.1, -0.05) is 23.7 Å². The Balaban J connectivity index is 2.60. The number of pyridine rings is 1. The standard InChI is InChI=1S/C12H10ClN3/c1-7-11(14)16-6-5-8-9(12(16)15-7)3-2-4-10(8)13/h2-6H,14H2,1H3. The molecule has 0 aliphatic rings. The van der Waals surface area contributed by atoms with Crippen LogP contribution in [0.5, 0.6) is 0 Å². The van der Waals surface area contributed by atoms with Crippen LogP contribution in [0, 0.1) is 6.92 Å². The molecule has 80 valence electrons. The van der Waals surface area contributed by atoms with Crippen molar-refractivity contribution in [3.63, 3.8) is 0 Å². The Kier molecular flexibility index (Phi) is 1.85. The van der Waals surface area contributed by atoms with E-state index in [0.29, 0.717) is 5.82 Å². The number of benzene rings is 1. The molecule has 2 aromatic heterocycles. The van der Waals surface area contributed by atoms with Crippen LogP contribution in [0.2, 0.25) is 5.02 Å². The van der Waals surface area contributed by atoms with Crippen LogP contribution in [-0.2, 0) is 0 Å². The Labute approximate surface area is 97.5 Å². The van der Waals surface area contributed by atoms with E-state index in [9.17, 15) is 0 Å². The maximum Gasteiger partial charge on any atom is 0.146 e. The first-order valence-corrected chi connectivity index (χ1v) is 5.37. The number of rotatable bonds is 0. The summed E-state index contributed by atoms with van der Waals surface area (Å²) in [6.07, 6.45) is 1.90. The molecule has 0 fully saturated rings. The van der Waals surface area contributed by atoms with Gasteiger partial charge in [0.25, 0.3) is 0 Å². The summed E-state index contributed by atoms with van der Waals surface area (Å²) >= 11 is 6.14. The van der Waals surface area contributed by atoms with Gasteiger partial charge in [-0.05, 0) is 19.1 Å². The minimum atomic E-state index is 0.678. The van der Waals surface area contributed by atoms with E-state index in [-0.39, 0.29) is 0 Å². The molecule has 0 radical (unpaired) electrons. The van der Waals surface area contributed by atoms with Crippen LogP contribution in [0.1, 0.15) is 5.69 Å². The van der Waals surface area contributed by atoms with Crippen molar-refractivity contribution in [1.29, 1.82) is 0 Å². The fourth-order valence-corrected chi connectivity index (χ4v) is 2.19. The van der Waals surface area contributed by atoms with E-state index in [1.807, 2.05) is 41.8 Å². The van der Waals surface area contributed by atoms with Gasteiger partial charge in [-0.15, -0.1) is 0 Å². The van der Waals surface area contributed by atoms with Crippen molar-refractivity contribution < 1.29 is 0 Å². The summed E-state index contributed by atoms with van der Waals surface area (Å²) in [5.41, 5.74) is 7.63. The molecule has 0 atom stereocenters. The van der Waals surface area contributed by atoms with Gasteiger partial charge < -0.3 is 5.73 Å². The van der Waals surface area contributed by atoms with Crippen LogP contribution >= 0.6 is 11.6 Å². The molecule has 3 rings (SSSR count). The number of anilines is 1. The molecule has 3 nitrogen and oxygen atoms in total. The zero-order valence-corrected chi connectivity index (χ0v) is 9.49. The summed E-state index contributed by atoms with van der Waals surface area (Å²) in [5, 5.41) is 2.76. The highest BCUT2D eigenvalue weighted by Crippen LogP contribution is 2.27. The van der Waals surface area contributed by atoms with Gasteiger partial charge in [0.1, 0.15) is 11.5 Å². The summed E-state index contributed by atoms with van der Waals surface area (Å²) in [5.74, 6) is 0.678. The summed E-state index contributed by atoms with van der Waals surface area (Å²) in [7, 11) is 0. The van der Waals surface area contributed by atoms with Crippen molar-refractivity contribution in [3.05, 3.63) is 41.2 Å². The highest BCUT2D eigenvalue weighted by atomic mass is 35.5. The van der Waals surface area contributed by atoms with Gasteiger partial charge in [-0.25, -0.2) is 4.98 Å². The maximum absolute atomic E-state index is 6.14. The predicted octanol–water partition coefficient (Wildman–Crippen LogP) is 3.03. The molecule has 16 heavy (non-hydrogen) atoms. The molecule has 3 aromatic rings. The first-order chi connectivity index (χ1) is 7.68. The van der Waals surface area contributed by atoms with Crippen LogP contribution < -0.4 is 5.73 Å². The summed E-state index contributed by atoms with van der Waals surface area (Å²) in [6, 6.07) is 7.76. The number of hydrogen-bond acceptors (Lipinski definition) is 2. The largest absolute Gasteiger partial charge is 0.383 e. The van der Waals surface area contributed by atoms with Gasteiger partial charge in [0, 0.05) is 22.0 Å². The van der Waals surface area contributed by atoms with Crippen molar-refractivity contribution in [2.45, 2.75) is 6.92 Å². The number of nitrogen functional groups attached to an aromatic ring is 1. The lowest BCUT2D eigenvalue weighted by Crippen LogP contribution is -1.93. The minimum Gasteiger partial charge on any atom is -0.383 e. The minimum absolute atomic E-state index is 0.678. The molecule has 0 aliphatic carbocycles. The van der Waals surface area contributed by atoms with E-state index in [1.165, 1.54) is 0 Å². The second kappa shape index (κ2) is 3.12. The van der Waals surface area contributed by atoms with Gasteiger partial charge >= 0.3 is 0 Å². The SMILES string of the molecule is Cc1nc2c3cccc(Cl)c3ccn2c1N. The lowest BCUT2D eigenvalue weighted by molar-refractivity contribution is 1.21. The number of aromatic nitrogens is 2. The number of aryl methyl sites for hydroxylation is 1. The fraction of sp³-hybridized carbons (Fsp3) is 0.0833. The van der Waals surface area contributed by atoms with Gasteiger partial charge in [0.2, 0.25) is 0 Å². The number of fused-ring (bicyclic) bond motifs is 3. The Bertz CT molecular complexity index is 700. The molecule has 4 heteroatoms. The third-order valence-corrected chi connectivity index (χ3v) is 3.15. The summed E-state index contributed by atoms with van der Waals surface area (Å²) in [4.78, 5) is 4.46. The monoisotopic (exact) mass is 231 g/mol. The smallest absolute Gasteiger partial charge is 0.146 e. The molecular formula is C12H10ClN3. The molecule has 0 amide bonds. The van der Waals surface area contributed by atoms with Crippen molar-refractivity contribution in [3.8, 4) is 0 Å². The average Bonchev–Trinajstić information content (AvgIpc) is 2.56. The van der Waals surface area contributed by atoms with E-state index in [0.717, 1.165) is 27.1 Å². The number of halogens is 1. The topological polar surface area (TPSA) is 43.3 Å². The van der Waals surface area contributed by atoms with Crippen LogP contribution in [0.4, 0.5) is 5.82 Å². The molecule has 0 saturated carbocycles. The maximum atomic E-state index is 6.14. The van der Waals surface area contributed by atoms with Gasteiger partial charge in [-0.3, -0.25) is 4.40 Å². The molecule has 0 bridgehead atoms. The zero-order valence-electron chi connectivity index (χ0n) is 8.74. The Morgan fingerprint density at radius 3 is 2.88 bits per heavy atom. The number of hydrogen-bond donors (Lipinski definition) is 1. The van der Waals surface area contributed by atoms with Crippen molar-refractivity contribution >= 4 is 33.8 Å². The van der Waals surface area contributed by atoms with E-state index >= 15 is 0 Å². The Morgan fingerprint density at radius 1 is 1.25 bits per heavy atom. The molecule has 0 spiro atoms. The van der Waals surface area contributed by atoms with Crippen LogP contribution in [-0.4, -0.2) is 9.38 Å². The van der Waals surface area contributed by atoms with Crippen LogP contribution in [0.15, 0.2) is 30.5 Å². The van der Waals surface area contributed by atoms with E-state index in [2.05, 4.69) is 4.98 Å². The Morgan fingerprint density at radius 2 is 2.06 bits per heavy atom. The third-order valence-electron chi connectivity index (χ3n) is 2.82. The fourth-order valence-electron chi connectivity index (χ4n) is 1.95. The van der Waals surface area contributed by atoms with Gasteiger partial charge in [-0.2, -0.15) is 0 Å². The predicted molar refractivity (Wildman–Crippen MR) is 66.9 cm³/mol. The van der Waals surface area contributed by atoms with Gasteiger partial charge in [0.15, 0.2) is 0 Å². The number of imidazole rings is 1. The second-order valence-corrected chi connectivity index (χ2v) is 4.20. The van der Waals surface area contributed by atoms with E-state index in [1.54, 1.807) is 0 Å². The third kappa shape index (κ3) is 1.12. The number of nitrogens with two attached hydrogens (primary N) is 1. The lowest BCUT2D eigenvalue weighted by atomic mass is 10.2. The molecule has 0 unspecified atom stereocenters. The van der Waals surface area contributed by atoms with Crippen LogP contribution in [0.3, 0.4) is 0 Å². The molecule has 2 N–H and O–H groups in total. The highest BCUT2D eigenvalue weighted by Gasteiger charge is 2.09. The number of nitrogens with zero attached hydrogens (tertiary/aromatic N) is 2. The van der Waals surface area contributed by atoms with E-state index < -0.39 is 0 Å². The van der Waals surface area contributed by atoms with Crippen molar-refractivity contribution in [2.75, 3.05) is 5.73 Å². The lowest BCUT2D eigenvalue weighted by Gasteiger charge is -2.02. The zero-order chi connectivity index (χ0) is 11.3. The quantitative estimate of drug-likeness (QED) is 0.646. The average molecular weight is 232 g/mol. The van der Waals surface area contributed by atoms with Crippen molar-refractivity contribution in [2.24, 2.45) is 0 Å². The second-order valence-electron chi connectivity index (χ2n) is 3.79. The molecule has 0 aliphatic heterocycles.